The summed E-state index contributed by atoms with van der Waals surface area (Å²) in [5.74, 6) is 0.422. The molecule has 0 radical (unpaired) electrons. The molecule has 2 aromatic rings. The Hall–Kier alpha value is -1.65. The summed E-state index contributed by atoms with van der Waals surface area (Å²) in [6.07, 6.45) is 5.18. The molecule has 0 aliphatic heterocycles. The van der Waals surface area contributed by atoms with Gasteiger partial charge in [0.05, 0.1) is 16.7 Å². The Morgan fingerprint density at radius 2 is 2.13 bits per heavy atom. The number of carbonyl (C=O) groups is 1. The van der Waals surface area contributed by atoms with Gasteiger partial charge in [-0.3, -0.25) is 9.78 Å². The largest absolute Gasteiger partial charge is 0.390 e. The summed E-state index contributed by atoms with van der Waals surface area (Å²) in [7, 11) is 0. The van der Waals surface area contributed by atoms with Gasteiger partial charge in [-0.25, -0.2) is 0 Å². The monoisotopic (exact) mass is 332 g/mol. The molecule has 2 fully saturated rings. The first-order chi connectivity index (χ1) is 10.9. The fourth-order valence-electron chi connectivity index (χ4n) is 3.37. The second kappa shape index (κ2) is 5.18. The molecule has 4 nitrogen and oxygen atoms in total. The number of aliphatic hydroxyl groups is 1. The lowest BCUT2D eigenvalue weighted by atomic mass is 9.77. The van der Waals surface area contributed by atoms with Crippen LogP contribution in [0.5, 0.6) is 0 Å². The maximum atomic E-state index is 12.3. The van der Waals surface area contributed by atoms with E-state index in [1.165, 1.54) is 18.4 Å². The number of pyridine rings is 1. The van der Waals surface area contributed by atoms with Gasteiger partial charge in [0, 0.05) is 24.1 Å². The van der Waals surface area contributed by atoms with Crippen LogP contribution in [0.4, 0.5) is 0 Å². The number of nitrogens with zero attached hydrogens (tertiary/aromatic N) is 1. The van der Waals surface area contributed by atoms with Crippen molar-refractivity contribution in [3.63, 3.8) is 0 Å². The van der Waals surface area contributed by atoms with Gasteiger partial charge in [0.15, 0.2) is 0 Å². The van der Waals surface area contributed by atoms with E-state index in [-0.39, 0.29) is 13.4 Å². The number of rotatable bonds is 3. The second-order valence-electron chi connectivity index (χ2n) is 7.14. The van der Waals surface area contributed by atoms with Gasteiger partial charge in [-0.2, -0.15) is 0 Å². The molecule has 5 heteroatoms. The highest BCUT2D eigenvalue weighted by molar-refractivity contribution is 6.32. The quantitative estimate of drug-likeness (QED) is 0.901. The minimum absolute atomic E-state index is 0. The first-order valence-corrected chi connectivity index (χ1v) is 8.41. The maximum absolute atomic E-state index is 12.3. The van der Waals surface area contributed by atoms with Crippen LogP contribution >= 0.6 is 11.6 Å². The second-order valence-corrected chi connectivity index (χ2v) is 7.55. The molecule has 122 valence electrons. The van der Waals surface area contributed by atoms with Gasteiger partial charge >= 0.3 is 0 Å². The predicted molar refractivity (Wildman–Crippen MR) is 92.0 cm³/mol. The van der Waals surface area contributed by atoms with E-state index in [2.05, 4.69) is 10.3 Å². The van der Waals surface area contributed by atoms with Crippen LogP contribution in [0.3, 0.4) is 0 Å². The molecule has 0 atom stereocenters. The zero-order chi connectivity index (χ0) is 16.2. The summed E-state index contributed by atoms with van der Waals surface area (Å²) < 4.78 is 0. The van der Waals surface area contributed by atoms with Crippen molar-refractivity contribution < 1.29 is 11.3 Å². The molecule has 1 heterocycles. The lowest BCUT2D eigenvalue weighted by Gasteiger charge is -2.41. The molecular formula is C18H21ClN2O2. The Kier molecular flexibility index (Phi) is 3.36. The number of benzene rings is 1. The third-order valence-corrected chi connectivity index (χ3v) is 5.11. The van der Waals surface area contributed by atoms with Crippen molar-refractivity contribution in [1.29, 1.82) is 0 Å². The number of hydrogen-bond donors (Lipinski definition) is 2. The highest BCUT2D eigenvalue weighted by atomic mass is 35.5. The van der Waals surface area contributed by atoms with Crippen LogP contribution in [-0.4, -0.2) is 27.6 Å². The highest BCUT2D eigenvalue weighted by Crippen LogP contribution is 2.44. The number of carbonyl (C=O) groups excluding carboxylic acids is 1. The van der Waals surface area contributed by atoms with E-state index in [9.17, 15) is 9.90 Å². The van der Waals surface area contributed by atoms with Crippen LogP contribution in [0.1, 0.15) is 55.9 Å². The summed E-state index contributed by atoms with van der Waals surface area (Å²) in [5, 5.41) is 14.3. The fraction of sp³-hybridized carbons (Fsp3) is 0.444. The van der Waals surface area contributed by atoms with Crippen molar-refractivity contribution in [3.05, 3.63) is 40.5 Å². The first-order valence-electron chi connectivity index (χ1n) is 8.04. The van der Waals surface area contributed by atoms with Gasteiger partial charge in [0.1, 0.15) is 0 Å². The smallest absolute Gasteiger partial charge is 0.253 e. The Labute approximate surface area is 141 Å². The molecule has 1 aromatic carbocycles. The first kappa shape index (κ1) is 14.9. The van der Waals surface area contributed by atoms with Crippen LogP contribution in [0.15, 0.2) is 24.4 Å². The minimum atomic E-state index is -0.647. The molecule has 0 spiro atoms. The summed E-state index contributed by atoms with van der Waals surface area (Å²) in [6.45, 7) is 1.78. The van der Waals surface area contributed by atoms with Gasteiger partial charge in [0.2, 0.25) is 0 Å². The summed E-state index contributed by atoms with van der Waals surface area (Å²) >= 11 is 6.36. The molecular weight excluding hydrogens is 312 g/mol. The topological polar surface area (TPSA) is 62.2 Å². The van der Waals surface area contributed by atoms with Crippen molar-refractivity contribution in [2.75, 3.05) is 0 Å². The van der Waals surface area contributed by atoms with Crippen molar-refractivity contribution in [1.82, 2.24) is 10.3 Å². The minimum Gasteiger partial charge on any atom is -0.390 e. The van der Waals surface area contributed by atoms with Crippen LogP contribution in [0, 0.1) is 0 Å². The summed E-state index contributed by atoms with van der Waals surface area (Å²) in [5.41, 5.74) is 1.92. The van der Waals surface area contributed by atoms with Crippen molar-refractivity contribution in [2.24, 2.45) is 0 Å². The average molecular weight is 333 g/mol. The molecule has 0 unspecified atom stereocenters. The van der Waals surface area contributed by atoms with E-state index in [0.29, 0.717) is 24.3 Å². The number of nitrogens with one attached hydrogen (secondary N) is 1. The molecule has 1 aromatic heterocycles. The number of amides is 1. The molecule has 2 aliphatic carbocycles. The van der Waals surface area contributed by atoms with Gasteiger partial charge in [-0.1, -0.05) is 11.6 Å². The SMILES string of the molecule is CC1(O)CC(NC(=O)c2cnc3cc(C4CC4)c(Cl)cc3c2)C1.[HH]. The normalized spacial score (nSPS) is 26.8. The number of aromatic nitrogens is 1. The molecule has 2 N–H and O–H groups in total. The lowest BCUT2D eigenvalue weighted by Crippen LogP contribution is -2.53. The van der Waals surface area contributed by atoms with Crippen LogP contribution in [0.2, 0.25) is 5.02 Å². The highest BCUT2D eigenvalue weighted by Gasteiger charge is 2.39. The van der Waals surface area contributed by atoms with Gasteiger partial charge in [0.25, 0.3) is 5.91 Å². The molecule has 1 amide bonds. The fourth-order valence-corrected chi connectivity index (χ4v) is 3.70. The van der Waals surface area contributed by atoms with Gasteiger partial charge in [-0.05, 0) is 62.3 Å². The van der Waals surface area contributed by atoms with Crippen LogP contribution in [0.25, 0.3) is 10.9 Å². The van der Waals surface area contributed by atoms with Crippen molar-refractivity contribution >= 4 is 28.4 Å². The predicted octanol–water partition coefficient (Wildman–Crippen LogP) is 3.65. The number of hydrogen-bond acceptors (Lipinski definition) is 3. The van der Waals surface area contributed by atoms with E-state index in [1.54, 1.807) is 13.1 Å². The van der Waals surface area contributed by atoms with E-state index in [1.807, 2.05) is 18.2 Å². The molecule has 2 saturated carbocycles. The van der Waals surface area contributed by atoms with Crippen molar-refractivity contribution in [3.8, 4) is 0 Å². The average Bonchev–Trinajstić information content (AvgIpc) is 3.28. The standard InChI is InChI=1S/C18H19ClN2O2.H2/c1-18(23)7-13(8-18)21-17(22)12-4-11-5-15(19)14(10-2-3-10)6-16(11)20-9-12;/h4-6,9-10,13,23H,2-3,7-8H2,1H3,(H,21,22);1H. The lowest BCUT2D eigenvalue weighted by molar-refractivity contribution is -0.0366. The van der Waals surface area contributed by atoms with Crippen LogP contribution < -0.4 is 5.32 Å². The van der Waals surface area contributed by atoms with E-state index >= 15 is 0 Å². The zero-order valence-electron chi connectivity index (χ0n) is 13.0. The molecule has 23 heavy (non-hydrogen) atoms. The Balaban J connectivity index is 0.00000169. The number of fused-ring (bicyclic) bond motifs is 1. The maximum Gasteiger partial charge on any atom is 0.253 e. The molecule has 4 rings (SSSR count). The summed E-state index contributed by atoms with van der Waals surface area (Å²) in [6, 6.07) is 5.81. The van der Waals surface area contributed by atoms with E-state index in [0.717, 1.165) is 15.9 Å². The third-order valence-electron chi connectivity index (χ3n) is 4.79. The van der Waals surface area contributed by atoms with Gasteiger partial charge in [-0.15, -0.1) is 0 Å². The Morgan fingerprint density at radius 3 is 2.78 bits per heavy atom. The Bertz CT molecular complexity index is 797. The summed E-state index contributed by atoms with van der Waals surface area (Å²) in [4.78, 5) is 16.7. The molecule has 2 aliphatic rings. The third kappa shape index (κ3) is 2.93. The number of halogens is 1. The van der Waals surface area contributed by atoms with Crippen molar-refractivity contribution in [2.45, 2.75) is 50.2 Å². The van der Waals surface area contributed by atoms with E-state index < -0.39 is 5.60 Å². The van der Waals surface area contributed by atoms with Gasteiger partial charge < -0.3 is 10.4 Å². The zero-order valence-corrected chi connectivity index (χ0v) is 13.7. The molecule has 0 saturated heterocycles. The molecule has 0 bridgehead atoms. The Morgan fingerprint density at radius 1 is 1.39 bits per heavy atom. The van der Waals surface area contributed by atoms with E-state index in [4.69, 9.17) is 11.6 Å². The van der Waals surface area contributed by atoms with Crippen LogP contribution in [-0.2, 0) is 0 Å².